The fourth-order valence-corrected chi connectivity index (χ4v) is 4.78. The standard InChI is InChI=1S/C25H34O3/c1-14-10-16(11-15(2)21(14)26)20-18-12-17(23(3,4)5)13-19(24(6,7)8)25(18,9)28-22(20)27/h10-13,18,20,26H,1-9H3. The Balaban J connectivity index is 2.22. The SMILES string of the molecule is Cc1cc(C2C(=O)OC3(C)C(C(C)(C)C)=CC(C(C)(C)C)=CC23)cc(C)c1O. The lowest BCUT2D eigenvalue weighted by Gasteiger charge is -2.43. The number of esters is 1. The van der Waals surface area contributed by atoms with Crippen LogP contribution in [0.1, 0.15) is 71.1 Å². The summed E-state index contributed by atoms with van der Waals surface area (Å²) in [4.78, 5) is 13.1. The number of allylic oxidation sites excluding steroid dienone is 2. The van der Waals surface area contributed by atoms with Crippen LogP contribution in [-0.2, 0) is 9.53 Å². The Bertz CT molecular complexity index is 866. The number of carbonyl (C=O) groups is 1. The summed E-state index contributed by atoms with van der Waals surface area (Å²) in [6.45, 7) is 19.0. The van der Waals surface area contributed by atoms with Gasteiger partial charge in [-0.05, 0) is 59.4 Å². The highest BCUT2D eigenvalue weighted by Gasteiger charge is 2.57. The summed E-state index contributed by atoms with van der Waals surface area (Å²) in [6.07, 6.45) is 4.50. The number of benzene rings is 1. The lowest BCUT2D eigenvalue weighted by atomic mass is 9.63. The molecule has 1 fully saturated rings. The first kappa shape index (κ1) is 20.7. The fraction of sp³-hybridized carbons (Fsp3) is 0.560. The van der Waals surface area contributed by atoms with E-state index in [1.54, 1.807) is 0 Å². The molecule has 2 aliphatic rings. The summed E-state index contributed by atoms with van der Waals surface area (Å²) in [5.74, 6) is -0.329. The van der Waals surface area contributed by atoms with Crippen molar-refractivity contribution in [3.8, 4) is 5.75 Å². The highest BCUT2D eigenvalue weighted by Crippen LogP contribution is 2.56. The average Bonchev–Trinajstić information content (AvgIpc) is 2.78. The molecule has 152 valence electrons. The van der Waals surface area contributed by atoms with Crippen LogP contribution >= 0.6 is 0 Å². The maximum Gasteiger partial charge on any atom is 0.315 e. The average molecular weight is 383 g/mol. The van der Waals surface area contributed by atoms with Gasteiger partial charge in [0.2, 0.25) is 0 Å². The molecule has 0 amide bonds. The number of aromatic hydroxyl groups is 1. The highest BCUT2D eigenvalue weighted by atomic mass is 16.6. The molecule has 1 N–H and O–H groups in total. The Morgan fingerprint density at radius 2 is 1.54 bits per heavy atom. The monoisotopic (exact) mass is 382 g/mol. The van der Waals surface area contributed by atoms with Gasteiger partial charge in [0, 0.05) is 5.92 Å². The zero-order valence-electron chi connectivity index (χ0n) is 18.7. The Morgan fingerprint density at radius 3 is 2.00 bits per heavy atom. The highest BCUT2D eigenvalue weighted by molar-refractivity contribution is 5.84. The molecule has 0 saturated carbocycles. The molecule has 1 aromatic carbocycles. The molecule has 1 saturated heterocycles. The van der Waals surface area contributed by atoms with Gasteiger partial charge in [-0.25, -0.2) is 0 Å². The molecule has 1 aromatic rings. The number of hydrogen-bond donors (Lipinski definition) is 1. The Hall–Kier alpha value is -2.03. The molecule has 1 heterocycles. The molecule has 28 heavy (non-hydrogen) atoms. The second kappa shape index (κ2) is 6.23. The lowest BCUT2D eigenvalue weighted by Crippen LogP contribution is -2.42. The summed E-state index contributed by atoms with van der Waals surface area (Å²) in [7, 11) is 0. The second-order valence-electron chi connectivity index (χ2n) is 10.7. The van der Waals surface area contributed by atoms with Gasteiger partial charge in [0.05, 0.1) is 5.92 Å². The summed E-state index contributed by atoms with van der Waals surface area (Å²) >= 11 is 0. The van der Waals surface area contributed by atoms with Gasteiger partial charge in [0.1, 0.15) is 11.4 Å². The summed E-state index contributed by atoms with van der Waals surface area (Å²) in [5.41, 5.74) is 4.12. The zero-order valence-corrected chi connectivity index (χ0v) is 18.7. The van der Waals surface area contributed by atoms with Gasteiger partial charge in [0.25, 0.3) is 0 Å². The van der Waals surface area contributed by atoms with Crippen LogP contribution in [0.4, 0.5) is 0 Å². The van der Waals surface area contributed by atoms with Crippen LogP contribution in [0.5, 0.6) is 5.75 Å². The van der Waals surface area contributed by atoms with Crippen LogP contribution in [0.15, 0.2) is 35.4 Å². The first-order chi connectivity index (χ1) is 12.7. The van der Waals surface area contributed by atoms with Crippen molar-refractivity contribution < 1.29 is 14.6 Å². The predicted octanol–water partition coefficient (Wildman–Crippen LogP) is 5.98. The van der Waals surface area contributed by atoms with Crippen molar-refractivity contribution in [2.75, 3.05) is 0 Å². The third kappa shape index (κ3) is 3.19. The van der Waals surface area contributed by atoms with E-state index in [1.807, 2.05) is 26.0 Å². The van der Waals surface area contributed by atoms with E-state index in [-0.39, 0.29) is 28.6 Å². The molecule has 0 spiro atoms. The third-order valence-corrected chi connectivity index (χ3v) is 6.30. The Labute approximate surface area is 169 Å². The lowest BCUT2D eigenvalue weighted by molar-refractivity contribution is -0.146. The molecule has 0 aromatic heterocycles. The van der Waals surface area contributed by atoms with Crippen molar-refractivity contribution in [2.45, 2.75) is 73.8 Å². The molecule has 3 nitrogen and oxygen atoms in total. The van der Waals surface area contributed by atoms with Gasteiger partial charge >= 0.3 is 5.97 Å². The number of phenols is 1. The van der Waals surface area contributed by atoms with E-state index in [4.69, 9.17) is 4.74 Å². The summed E-state index contributed by atoms with van der Waals surface area (Å²) < 4.78 is 6.12. The predicted molar refractivity (Wildman–Crippen MR) is 113 cm³/mol. The molecule has 0 radical (unpaired) electrons. The minimum Gasteiger partial charge on any atom is -0.507 e. The topological polar surface area (TPSA) is 46.5 Å². The van der Waals surface area contributed by atoms with E-state index in [0.29, 0.717) is 5.75 Å². The van der Waals surface area contributed by atoms with Crippen molar-refractivity contribution in [1.29, 1.82) is 0 Å². The number of hydrogen-bond acceptors (Lipinski definition) is 3. The molecule has 3 atom stereocenters. The van der Waals surface area contributed by atoms with Crippen molar-refractivity contribution in [2.24, 2.45) is 16.7 Å². The van der Waals surface area contributed by atoms with Crippen LogP contribution in [0.25, 0.3) is 0 Å². The maximum atomic E-state index is 13.1. The first-order valence-corrected chi connectivity index (χ1v) is 10.1. The van der Waals surface area contributed by atoms with Crippen molar-refractivity contribution in [3.05, 3.63) is 52.1 Å². The molecule has 3 rings (SSSR count). The Morgan fingerprint density at radius 1 is 1.00 bits per heavy atom. The summed E-state index contributed by atoms with van der Waals surface area (Å²) in [5, 5.41) is 10.2. The van der Waals surface area contributed by atoms with E-state index in [1.165, 1.54) is 11.1 Å². The van der Waals surface area contributed by atoms with Crippen LogP contribution in [-0.4, -0.2) is 16.7 Å². The molecule has 3 unspecified atom stereocenters. The molecule has 0 bridgehead atoms. The first-order valence-electron chi connectivity index (χ1n) is 10.1. The Kier molecular flexibility index (Phi) is 4.61. The van der Waals surface area contributed by atoms with Gasteiger partial charge in [-0.2, -0.15) is 0 Å². The van der Waals surface area contributed by atoms with Gasteiger partial charge in [-0.1, -0.05) is 65.8 Å². The minimum atomic E-state index is -0.658. The van der Waals surface area contributed by atoms with E-state index in [2.05, 4.69) is 60.6 Å². The van der Waals surface area contributed by atoms with E-state index < -0.39 is 5.60 Å². The van der Waals surface area contributed by atoms with Gasteiger partial charge < -0.3 is 9.84 Å². The summed E-state index contributed by atoms with van der Waals surface area (Å²) in [6, 6.07) is 3.86. The number of carbonyl (C=O) groups excluding carboxylic acids is 1. The number of phenolic OH excluding ortho intramolecular Hbond substituents is 1. The maximum absolute atomic E-state index is 13.1. The van der Waals surface area contributed by atoms with Gasteiger partial charge in [0.15, 0.2) is 0 Å². The van der Waals surface area contributed by atoms with E-state index >= 15 is 0 Å². The van der Waals surface area contributed by atoms with Gasteiger partial charge in [-0.15, -0.1) is 0 Å². The third-order valence-electron chi connectivity index (χ3n) is 6.30. The second-order valence-corrected chi connectivity index (χ2v) is 10.7. The van der Waals surface area contributed by atoms with E-state index in [9.17, 15) is 9.90 Å². The quantitative estimate of drug-likeness (QED) is 0.608. The molecule has 1 aliphatic heterocycles. The van der Waals surface area contributed by atoms with Gasteiger partial charge in [-0.3, -0.25) is 4.79 Å². The normalized spacial score (nSPS) is 27.8. The van der Waals surface area contributed by atoms with E-state index in [0.717, 1.165) is 16.7 Å². The van der Waals surface area contributed by atoms with Crippen molar-refractivity contribution in [1.82, 2.24) is 0 Å². The molecular formula is C25H34O3. The minimum absolute atomic E-state index is 0.0190. The number of rotatable bonds is 1. The van der Waals surface area contributed by atoms with Crippen molar-refractivity contribution >= 4 is 5.97 Å². The molecule has 3 heteroatoms. The smallest absolute Gasteiger partial charge is 0.315 e. The zero-order chi connectivity index (χ0) is 21.2. The van der Waals surface area contributed by atoms with Crippen LogP contribution < -0.4 is 0 Å². The number of aryl methyl sites for hydroxylation is 2. The fourth-order valence-electron chi connectivity index (χ4n) is 4.78. The van der Waals surface area contributed by atoms with Crippen LogP contribution in [0.2, 0.25) is 0 Å². The van der Waals surface area contributed by atoms with Crippen LogP contribution in [0, 0.1) is 30.6 Å². The number of fused-ring (bicyclic) bond motifs is 1. The number of ether oxygens (including phenoxy) is 1. The van der Waals surface area contributed by atoms with Crippen LogP contribution in [0.3, 0.4) is 0 Å². The largest absolute Gasteiger partial charge is 0.507 e. The van der Waals surface area contributed by atoms with Crippen molar-refractivity contribution in [3.63, 3.8) is 0 Å². The molecular weight excluding hydrogens is 348 g/mol. The molecule has 1 aliphatic carbocycles.